The number of aryl methyl sites for hydroxylation is 1. The number of piperidine rings is 1. The van der Waals surface area contributed by atoms with Gasteiger partial charge in [-0.25, -0.2) is 0 Å². The Morgan fingerprint density at radius 1 is 1.22 bits per heavy atom. The molecule has 1 fully saturated rings. The summed E-state index contributed by atoms with van der Waals surface area (Å²) >= 11 is 0. The minimum atomic E-state index is 0.0922. The lowest BCUT2D eigenvalue weighted by Crippen LogP contribution is -2.47. The van der Waals surface area contributed by atoms with Crippen LogP contribution in [0.1, 0.15) is 33.8 Å². The Balaban J connectivity index is 1.79. The number of hydrogen-bond donors (Lipinski definition) is 0. The van der Waals surface area contributed by atoms with Gasteiger partial charge in [-0.05, 0) is 50.7 Å². The first-order chi connectivity index (χ1) is 11.1. The Morgan fingerprint density at radius 2 is 2.00 bits per heavy atom. The van der Waals surface area contributed by atoms with Crippen LogP contribution in [-0.2, 0) is 0 Å². The average Bonchev–Trinajstić information content (AvgIpc) is 2.88. The Kier molecular flexibility index (Phi) is 3.42. The summed E-state index contributed by atoms with van der Waals surface area (Å²) in [6, 6.07) is 10.3. The number of nitrogens with zero attached hydrogens (tertiary/aromatic N) is 3. The second kappa shape index (κ2) is 5.46. The molecule has 0 saturated carbocycles. The molecule has 0 N–H and O–H groups in total. The number of carbonyl (C=O) groups is 1. The Bertz CT molecular complexity index is 744. The molecule has 1 saturated heterocycles. The molecule has 0 radical (unpaired) electrons. The predicted octanol–water partition coefficient (Wildman–Crippen LogP) is 2.84. The fourth-order valence-electron chi connectivity index (χ4n) is 3.98. The van der Waals surface area contributed by atoms with Crippen LogP contribution in [-0.4, -0.2) is 42.0 Å². The van der Waals surface area contributed by atoms with Gasteiger partial charge < -0.3 is 9.80 Å². The van der Waals surface area contributed by atoms with Gasteiger partial charge >= 0.3 is 0 Å². The van der Waals surface area contributed by atoms with Gasteiger partial charge in [0.1, 0.15) is 0 Å². The lowest BCUT2D eigenvalue weighted by atomic mass is 9.89. The van der Waals surface area contributed by atoms with Crippen LogP contribution in [0.2, 0.25) is 0 Å². The van der Waals surface area contributed by atoms with Crippen LogP contribution >= 0.6 is 0 Å². The largest absolute Gasteiger partial charge is 0.306 e. The first-order valence-electron chi connectivity index (χ1n) is 8.18. The number of fused-ring (bicyclic) bond motifs is 3. The number of pyridine rings is 1. The molecule has 0 aliphatic carbocycles. The lowest BCUT2D eigenvalue weighted by Gasteiger charge is -2.36. The van der Waals surface area contributed by atoms with Crippen LogP contribution in [0.3, 0.4) is 0 Å². The molecule has 4 heteroatoms. The van der Waals surface area contributed by atoms with Crippen molar-refractivity contribution in [3.8, 4) is 0 Å². The first-order valence-corrected chi connectivity index (χ1v) is 8.18. The van der Waals surface area contributed by atoms with E-state index in [9.17, 15) is 4.79 Å². The highest BCUT2D eigenvalue weighted by Crippen LogP contribution is 2.45. The molecule has 2 aliphatic rings. The van der Waals surface area contributed by atoms with E-state index in [1.807, 2.05) is 4.90 Å². The molecule has 0 spiro atoms. The number of carbonyl (C=O) groups excluding carboxylic acids is 1. The summed E-state index contributed by atoms with van der Waals surface area (Å²) in [5, 5.41) is 0. The van der Waals surface area contributed by atoms with Crippen LogP contribution in [0, 0.1) is 6.92 Å². The smallest absolute Gasteiger partial charge is 0.258 e. The Labute approximate surface area is 136 Å². The first kappa shape index (κ1) is 14.4. The fourth-order valence-corrected chi connectivity index (χ4v) is 3.98. The molecular weight excluding hydrogens is 286 g/mol. The Hall–Kier alpha value is -2.20. The van der Waals surface area contributed by atoms with Crippen molar-refractivity contribution < 1.29 is 4.79 Å². The molecule has 118 valence electrons. The third-order valence-corrected chi connectivity index (χ3v) is 5.10. The van der Waals surface area contributed by atoms with E-state index in [1.165, 1.54) is 11.1 Å². The number of amides is 1. The number of rotatable bonds is 1. The van der Waals surface area contributed by atoms with Gasteiger partial charge in [0.25, 0.3) is 5.91 Å². The molecule has 23 heavy (non-hydrogen) atoms. The predicted molar refractivity (Wildman–Crippen MR) is 90.9 cm³/mol. The molecule has 1 amide bonds. The van der Waals surface area contributed by atoms with Gasteiger partial charge in [-0.2, -0.15) is 0 Å². The van der Waals surface area contributed by atoms with Crippen molar-refractivity contribution >= 4 is 11.6 Å². The van der Waals surface area contributed by atoms with E-state index in [4.69, 9.17) is 0 Å². The normalized spacial score (nSPS) is 23.5. The number of benzene rings is 1. The van der Waals surface area contributed by atoms with Gasteiger partial charge in [0, 0.05) is 42.1 Å². The van der Waals surface area contributed by atoms with E-state index in [-0.39, 0.29) is 11.9 Å². The van der Waals surface area contributed by atoms with E-state index >= 15 is 0 Å². The topological polar surface area (TPSA) is 36.4 Å². The van der Waals surface area contributed by atoms with Crippen LogP contribution < -0.4 is 4.90 Å². The summed E-state index contributed by atoms with van der Waals surface area (Å²) in [6.07, 6.45) is 4.39. The zero-order chi connectivity index (χ0) is 16.0. The van der Waals surface area contributed by atoms with Gasteiger partial charge in [0.15, 0.2) is 0 Å². The maximum absolute atomic E-state index is 13.1. The lowest BCUT2D eigenvalue weighted by molar-refractivity contribution is 0.0964. The van der Waals surface area contributed by atoms with E-state index in [2.05, 4.69) is 42.1 Å². The average molecular weight is 307 g/mol. The molecule has 4 rings (SSSR count). The molecule has 2 atom stereocenters. The third-order valence-electron chi connectivity index (χ3n) is 5.10. The monoisotopic (exact) mass is 307 g/mol. The SMILES string of the molecule is Cc1ccc2c(c1)C1CN(C)CCC1N2C(=O)c1ccncc1. The Morgan fingerprint density at radius 3 is 2.78 bits per heavy atom. The van der Waals surface area contributed by atoms with Crippen molar-refractivity contribution in [3.63, 3.8) is 0 Å². The molecule has 2 unspecified atom stereocenters. The van der Waals surface area contributed by atoms with Gasteiger partial charge in [-0.3, -0.25) is 9.78 Å². The van der Waals surface area contributed by atoms with E-state index in [1.54, 1.807) is 24.5 Å². The van der Waals surface area contributed by atoms with Gasteiger partial charge in [0.2, 0.25) is 0 Å². The number of hydrogen-bond acceptors (Lipinski definition) is 3. The summed E-state index contributed by atoms with van der Waals surface area (Å²) in [5.74, 6) is 0.504. The maximum atomic E-state index is 13.1. The van der Waals surface area contributed by atoms with Crippen molar-refractivity contribution in [3.05, 3.63) is 59.4 Å². The molecule has 3 heterocycles. The van der Waals surface area contributed by atoms with E-state index in [0.717, 1.165) is 25.2 Å². The summed E-state index contributed by atoms with van der Waals surface area (Å²) in [4.78, 5) is 21.5. The zero-order valence-electron chi connectivity index (χ0n) is 13.6. The molecule has 4 nitrogen and oxygen atoms in total. The summed E-state index contributed by atoms with van der Waals surface area (Å²) in [5.41, 5.74) is 4.38. The summed E-state index contributed by atoms with van der Waals surface area (Å²) in [7, 11) is 2.17. The molecule has 1 aromatic carbocycles. The van der Waals surface area contributed by atoms with Crippen LogP contribution in [0.15, 0.2) is 42.7 Å². The van der Waals surface area contributed by atoms with Crippen LogP contribution in [0.4, 0.5) is 5.69 Å². The highest BCUT2D eigenvalue weighted by atomic mass is 16.2. The number of likely N-dealkylation sites (tertiary alicyclic amines) is 1. The summed E-state index contributed by atoms with van der Waals surface area (Å²) < 4.78 is 0. The maximum Gasteiger partial charge on any atom is 0.258 e. The number of aromatic nitrogens is 1. The van der Waals surface area contributed by atoms with Crippen molar-refractivity contribution in [2.75, 3.05) is 25.0 Å². The van der Waals surface area contributed by atoms with Crippen LogP contribution in [0.5, 0.6) is 0 Å². The number of anilines is 1. The minimum Gasteiger partial charge on any atom is -0.306 e. The molecule has 2 aliphatic heterocycles. The van der Waals surface area contributed by atoms with Gasteiger partial charge in [0.05, 0.1) is 0 Å². The number of likely N-dealkylation sites (N-methyl/N-ethyl adjacent to an activating group) is 1. The molecule has 2 aromatic rings. The van der Waals surface area contributed by atoms with Crippen LogP contribution in [0.25, 0.3) is 0 Å². The second-order valence-electron chi connectivity index (χ2n) is 6.70. The highest BCUT2D eigenvalue weighted by molar-refractivity contribution is 6.08. The van der Waals surface area contributed by atoms with E-state index in [0.29, 0.717) is 11.5 Å². The van der Waals surface area contributed by atoms with Crippen molar-refractivity contribution in [2.24, 2.45) is 0 Å². The van der Waals surface area contributed by atoms with E-state index < -0.39 is 0 Å². The fraction of sp³-hybridized carbons (Fsp3) is 0.368. The third kappa shape index (κ3) is 2.34. The van der Waals surface area contributed by atoms with Crippen molar-refractivity contribution in [2.45, 2.75) is 25.3 Å². The van der Waals surface area contributed by atoms with Gasteiger partial charge in [-0.1, -0.05) is 17.7 Å². The highest BCUT2D eigenvalue weighted by Gasteiger charge is 2.43. The minimum absolute atomic E-state index is 0.0922. The molecular formula is C19H21N3O. The molecule has 1 aromatic heterocycles. The van der Waals surface area contributed by atoms with Crippen molar-refractivity contribution in [1.29, 1.82) is 0 Å². The standard InChI is InChI=1S/C19H21N3O/c1-13-3-4-17-15(11-13)16-12-21(2)10-7-18(16)22(17)19(23)14-5-8-20-9-6-14/h3-6,8-9,11,16,18H,7,10,12H2,1-2H3. The van der Waals surface area contributed by atoms with Gasteiger partial charge in [-0.15, -0.1) is 0 Å². The summed E-state index contributed by atoms with van der Waals surface area (Å²) in [6.45, 7) is 4.17. The quantitative estimate of drug-likeness (QED) is 0.813. The van der Waals surface area contributed by atoms with Crippen molar-refractivity contribution in [1.82, 2.24) is 9.88 Å². The zero-order valence-corrected chi connectivity index (χ0v) is 13.6. The molecule has 0 bridgehead atoms. The second-order valence-corrected chi connectivity index (χ2v) is 6.70.